The molecule has 0 saturated carbocycles. The fourth-order valence-corrected chi connectivity index (χ4v) is 4.75. The Morgan fingerprint density at radius 3 is 2.67 bits per heavy atom. The number of aromatic amines is 1. The van der Waals surface area contributed by atoms with Crippen molar-refractivity contribution in [2.75, 3.05) is 6.54 Å². The first-order chi connectivity index (χ1) is 16.2. The third-order valence-corrected chi connectivity index (χ3v) is 6.36. The van der Waals surface area contributed by atoms with Crippen molar-refractivity contribution in [1.82, 2.24) is 19.4 Å². The van der Waals surface area contributed by atoms with E-state index in [1.165, 1.54) is 22.0 Å². The lowest BCUT2D eigenvalue weighted by Crippen LogP contribution is -2.35. The highest BCUT2D eigenvalue weighted by Gasteiger charge is 2.23. The van der Waals surface area contributed by atoms with Gasteiger partial charge in [0.1, 0.15) is 0 Å². The van der Waals surface area contributed by atoms with Crippen LogP contribution >= 0.6 is 0 Å². The molecule has 0 fully saturated rings. The minimum Gasteiger partial charge on any atom is -0.461 e. The van der Waals surface area contributed by atoms with Crippen LogP contribution in [0.1, 0.15) is 22.4 Å². The SMILES string of the molecule is O=c1[nH]c(-c2ccco2)nc2c1CN(Cc1cn(Cc3ccccc3)c3ccccc13)CC2. The third-order valence-electron chi connectivity index (χ3n) is 6.36. The molecule has 0 aliphatic carbocycles. The van der Waals surface area contributed by atoms with Crippen LogP contribution in [0.4, 0.5) is 0 Å². The van der Waals surface area contributed by atoms with Gasteiger partial charge in [0.15, 0.2) is 11.6 Å². The highest BCUT2D eigenvalue weighted by molar-refractivity contribution is 5.84. The summed E-state index contributed by atoms with van der Waals surface area (Å²) in [6.07, 6.45) is 4.59. The number of nitrogens with zero attached hydrogens (tertiary/aromatic N) is 3. The molecule has 33 heavy (non-hydrogen) atoms. The van der Waals surface area contributed by atoms with E-state index in [2.05, 4.69) is 74.2 Å². The van der Waals surface area contributed by atoms with E-state index in [-0.39, 0.29) is 5.56 Å². The highest BCUT2D eigenvalue weighted by atomic mass is 16.3. The Bertz CT molecular complexity index is 1470. The number of rotatable bonds is 5. The second kappa shape index (κ2) is 8.22. The zero-order chi connectivity index (χ0) is 22.2. The zero-order valence-electron chi connectivity index (χ0n) is 18.2. The summed E-state index contributed by atoms with van der Waals surface area (Å²) in [5, 5.41) is 1.26. The van der Waals surface area contributed by atoms with Crippen molar-refractivity contribution in [2.45, 2.75) is 26.1 Å². The van der Waals surface area contributed by atoms with Gasteiger partial charge in [-0.05, 0) is 29.3 Å². The van der Waals surface area contributed by atoms with Gasteiger partial charge in [-0.1, -0.05) is 48.5 Å². The fraction of sp³-hybridized carbons (Fsp3) is 0.185. The zero-order valence-corrected chi connectivity index (χ0v) is 18.2. The maximum absolute atomic E-state index is 12.8. The Morgan fingerprint density at radius 2 is 1.82 bits per heavy atom. The predicted molar refractivity (Wildman–Crippen MR) is 128 cm³/mol. The van der Waals surface area contributed by atoms with E-state index >= 15 is 0 Å². The molecule has 1 aliphatic heterocycles. The molecule has 0 spiro atoms. The topological polar surface area (TPSA) is 67.1 Å². The fourth-order valence-electron chi connectivity index (χ4n) is 4.75. The Kier molecular flexibility index (Phi) is 4.92. The number of aromatic nitrogens is 3. The van der Waals surface area contributed by atoms with Gasteiger partial charge in [0.05, 0.1) is 17.5 Å². The van der Waals surface area contributed by atoms with Crippen LogP contribution in [0.3, 0.4) is 0 Å². The number of furan rings is 1. The van der Waals surface area contributed by atoms with Crippen LogP contribution in [-0.4, -0.2) is 26.0 Å². The van der Waals surface area contributed by atoms with Crippen molar-refractivity contribution in [2.24, 2.45) is 0 Å². The van der Waals surface area contributed by atoms with E-state index in [9.17, 15) is 4.79 Å². The van der Waals surface area contributed by atoms with Crippen LogP contribution in [0, 0.1) is 0 Å². The van der Waals surface area contributed by atoms with Crippen LogP contribution < -0.4 is 5.56 Å². The number of fused-ring (bicyclic) bond motifs is 2. The normalized spacial score (nSPS) is 13.9. The number of nitrogens with one attached hydrogen (secondary N) is 1. The van der Waals surface area contributed by atoms with Crippen molar-refractivity contribution in [3.05, 3.63) is 112 Å². The Labute approximate surface area is 191 Å². The lowest BCUT2D eigenvalue weighted by molar-refractivity contribution is 0.242. The van der Waals surface area contributed by atoms with Crippen LogP contribution in [0.15, 0.2) is 88.4 Å². The first-order valence-electron chi connectivity index (χ1n) is 11.2. The van der Waals surface area contributed by atoms with Crippen LogP contribution in [0.2, 0.25) is 0 Å². The molecule has 0 bridgehead atoms. The molecule has 0 amide bonds. The second-order valence-electron chi connectivity index (χ2n) is 8.56. The Morgan fingerprint density at radius 1 is 0.970 bits per heavy atom. The Hall–Kier alpha value is -3.90. The van der Waals surface area contributed by atoms with Gasteiger partial charge in [-0.3, -0.25) is 9.69 Å². The monoisotopic (exact) mass is 436 g/mol. The summed E-state index contributed by atoms with van der Waals surface area (Å²) in [6.45, 7) is 3.08. The van der Waals surface area contributed by atoms with Crippen molar-refractivity contribution in [3.8, 4) is 11.6 Å². The maximum atomic E-state index is 12.8. The van der Waals surface area contributed by atoms with E-state index in [1.807, 2.05) is 12.1 Å². The number of hydrogen-bond acceptors (Lipinski definition) is 4. The predicted octanol–water partition coefficient (Wildman–Crippen LogP) is 4.59. The van der Waals surface area contributed by atoms with Crippen molar-refractivity contribution in [1.29, 1.82) is 0 Å². The molecule has 5 aromatic rings. The summed E-state index contributed by atoms with van der Waals surface area (Å²) < 4.78 is 7.73. The van der Waals surface area contributed by atoms with Gasteiger partial charge < -0.3 is 14.0 Å². The standard InChI is InChI=1S/C27H24N4O2/c32-27-22-18-30(13-12-23(22)28-26(29-27)25-11-6-14-33-25)16-20-17-31(15-19-7-2-1-3-8-19)24-10-5-4-9-21(20)24/h1-11,14,17H,12-13,15-16,18H2,(H,28,29,32). The molecule has 0 atom stereocenters. The summed E-state index contributed by atoms with van der Waals surface area (Å²) in [5.74, 6) is 1.09. The van der Waals surface area contributed by atoms with Gasteiger partial charge in [-0.15, -0.1) is 0 Å². The van der Waals surface area contributed by atoms with E-state index in [0.717, 1.165) is 37.3 Å². The molecule has 0 saturated heterocycles. The molecule has 0 unspecified atom stereocenters. The van der Waals surface area contributed by atoms with E-state index in [0.29, 0.717) is 18.1 Å². The molecule has 2 aromatic carbocycles. The third kappa shape index (κ3) is 3.79. The minimum atomic E-state index is -0.0809. The van der Waals surface area contributed by atoms with Crippen molar-refractivity contribution < 1.29 is 4.42 Å². The quantitative estimate of drug-likeness (QED) is 0.438. The van der Waals surface area contributed by atoms with Crippen molar-refractivity contribution in [3.63, 3.8) is 0 Å². The van der Waals surface area contributed by atoms with E-state index < -0.39 is 0 Å². The van der Waals surface area contributed by atoms with Crippen LogP contribution in [0.25, 0.3) is 22.5 Å². The highest BCUT2D eigenvalue weighted by Crippen LogP contribution is 2.26. The van der Waals surface area contributed by atoms with Gasteiger partial charge in [0.2, 0.25) is 0 Å². The molecule has 1 aliphatic rings. The van der Waals surface area contributed by atoms with Gasteiger partial charge in [0.25, 0.3) is 5.56 Å². The molecular weight excluding hydrogens is 412 g/mol. The summed E-state index contributed by atoms with van der Waals surface area (Å²) in [7, 11) is 0. The summed E-state index contributed by atoms with van der Waals surface area (Å²) >= 11 is 0. The molecular formula is C27H24N4O2. The number of H-pyrrole nitrogens is 1. The van der Waals surface area contributed by atoms with E-state index in [1.54, 1.807) is 12.3 Å². The summed E-state index contributed by atoms with van der Waals surface area (Å²) in [4.78, 5) is 22.7. The first-order valence-corrected chi connectivity index (χ1v) is 11.2. The lowest BCUT2D eigenvalue weighted by Gasteiger charge is -2.27. The molecule has 164 valence electrons. The van der Waals surface area contributed by atoms with E-state index in [4.69, 9.17) is 4.42 Å². The average molecular weight is 437 g/mol. The van der Waals surface area contributed by atoms with Gasteiger partial charge in [0, 0.05) is 49.7 Å². The largest absolute Gasteiger partial charge is 0.461 e. The molecule has 3 aromatic heterocycles. The molecule has 6 nitrogen and oxygen atoms in total. The van der Waals surface area contributed by atoms with Gasteiger partial charge in [-0.25, -0.2) is 4.98 Å². The molecule has 6 heteroatoms. The van der Waals surface area contributed by atoms with Crippen LogP contribution in [0.5, 0.6) is 0 Å². The molecule has 0 radical (unpaired) electrons. The van der Waals surface area contributed by atoms with Gasteiger partial charge >= 0.3 is 0 Å². The number of hydrogen-bond donors (Lipinski definition) is 1. The van der Waals surface area contributed by atoms with Gasteiger partial charge in [-0.2, -0.15) is 0 Å². The Balaban J connectivity index is 1.27. The molecule has 6 rings (SSSR count). The summed E-state index contributed by atoms with van der Waals surface area (Å²) in [5.41, 5.74) is 5.33. The van der Waals surface area contributed by atoms with Crippen molar-refractivity contribution >= 4 is 10.9 Å². The average Bonchev–Trinajstić information content (AvgIpc) is 3.50. The summed E-state index contributed by atoms with van der Waals surface area (Å²) in [6, 6.07) is 22.7. The smallest absolute Gasteiger partial charge is 0.256 e. The number of benzene rings is 2. The molecule has 4 heterocycles. The second-order valence-corrected chi connectivity index (χ2v) is 8.56. The minimum absolute atomic E-state index is 0.0809. The lowest BCUT2D eigenvalue weighted by atomic mass is 10.1. The first kappa shape index (κ1) is 19.8. The maximum Gasteiger partial charge on any atom is 0.256 e. The number of para-hydroxylation sites is 1. The van der Waals surface area contributed by atoms with Crippen LogP contribution in [-0.2, 0) is 26.1 Å². The molecule has 1 N–H and O–H groups in total.